The number of hydrogen-bond acceptors (Lipinski definition) is 2. The van der Waals surface area contributed by atoms with Crippen LogP contribution in [0.5, 0.6) is 0 Å². The molecule has 11 heavy (non-hydrogen) atoms. The summed E-state index contributed by atoms with van der Waals surface area (Å²) >= 11 is 0. The number of aliphatic imine (C=N–C) groups is 1. The Hall–Kier alpha value is -1.66. The number of fused-ring (bicyclic) bond motifs is 1. The van der Waals surface area contributed by atoms with Crippen LogP contribution in [0.1, 0.15) is 5.56 Å². The fourth-order valence-corrected chi connectivity index (χ4v) is 1.06. The molecule has 1 aliphatic rings. The lowest BCUT2D eigenvalue weighted by Gasteiger charge is -2.02. The number of benzene rings is 1. The Balaban J connectivity index is 2.63. The van der Waals surface area contributed by atoms with Gasteiger partial charge in [0.05, 0.1) is 12.9 Å². The SMILES string of the molecule is [CH+]=C1NC=Nc2ccccc21. The van der Waals surface area contributed by atoms with E-state index in [1.54, 1.807) is 6.34 Å². The van der Waals surface area contributed by atoms with Crippen molar-refractivity contribution >= 4 is 17.7 Å². The molecule has 0 saturated carbocycles. The van der Waals surface area contributed by atoms with Crippen molar-refractivity contribution in [1.29, 1.82) is 0 Å². The van der Waals surface area contributed by atoms with Gasteiger partial charge in [-0.25, -0.2) is 4.99 Å². The van der Waals surface area contributed by atoms with Crippen molar-refractivity contribution in [3.8, 4) is 0 Å². The molecule has 0 unspecified atom stereocenters. The van der Waals surface area contributed by atoms with E-state index in [-0.39, 0.29) is 0 Å². The van der Waals surface area contributed by atoms with Gasteiger partial charge >= 0.3 is 0 Å². The topological polar surface area (TPSA) is 24.4 Å². The highest BCUT2D eigenvalue weighted by Gasteiger charge is 2.17. The highest BCUT2D eigenvalue weighted by Crippen LogP contribution is 2.24. The predicted molar refractivity (Wildman–Crippen MR) is 45.4 cm³/mol. The molecule has 1 aromatic carbocycles. The van der Waals surface area contributed by atoms with E-state index in [4.69, 9.17) is 6.58 Å². The third-order valence-corrected chi connectivity index (χ3v) is 1.62. The van der Waals surface area contributed by atoms with Crippen LogP contribution in [0.25, 0.3) is 5.70 Å². The summed E-state index contributed by atoms with van der Waals surface area (Å²) in [7, 11) is 0. The average Bonchev–Trinajstić information content (AvgIpc) is 2.06. The molecular formula is C9H7N2+. The van der Waals surface area contributed by atoms with Crippen molar-refractivity contribution in [1.82, 2.24) is 5.32 Å². The van der Waals surface area contributed by atoms with Crippen LogP contribution in [-0.2, 0) is 0 Å². The fourth-order valence-electron chi connectivity index (χ4n) is 1.06. The summed E-state index contributed by atoms with van der Waals surface area (Å²) in [6, 6.07) is 7.75. The molecule has 2 rings (SSSR count). The van der Waals surface area contributed by atoms with Gasteiger partial charge in [-0.3, -0.25) is 0 Å². The zero-order chi connectivity index (χ0) is 7.68. The summed E-state index contributed by atoms with van der Waals surface area (Å²) in [5.41, 5.74) is 2.55. The van der Waals surface area contributed by atoms with Crippen LogP contribution in [0.15, 0.2) is 29.3 Å². The smallest absolute Gasteiger partial charge is 0.268 e. The molecular weight excluding hydrogens is 136 g/mol. The lowest BCUT2D eigenvalue weighted by molar-refractivity contribution is 1.27. The second-order valence-electron chi connectivity index (χ2n) is 2.33. The molecule has 0 aliphatic carbocycles. The van der Waals surface area contributed by atoms with Crippen LogP contribution >= 0.6 is 0 Å². The Bertz CT molecular complexity index is 326. The Morgan fingerprint density at radius 3 is 2.91 bits per heavy atom. The van der Waals surface area contributed by atoms with Crippen molar-refractivity contribution < 1.29 is 0 Å². The molecule has 0 spiro atoms. The molecule has 1 heterocycles. The molecule has 0 saturated heterocycles. The molecule has 52 valence electrons. The summed E-state index contributed by atoms with van der Waals surface area (Å²) < 4.78 is 0. The quantitative estimate of drug-likeness (QED) is 0.549. The number of nitrogens with one attached hydrogen (secondary N) is 1. The van der Waals surface area contributed by atoms with Crippen molar-refractivity contribution in [2.45, 2.75) is 0 Å². The van der Waals surface area contributed by atoms with Crippen LogP contribution in [0.4, 0.5) is 5.69 Å². The van der Waals surface area contributed by atoms with Gasteiger partial charge in [-0.15, -0.1) is 0 Å². The van der Waals surface area contributed by atoms with Crippen molar-refractivity contribution in [3.05, 3.63) is 36.4 Å². The molecule has 1 aromatic rings. The van der Waals surface area contributed by atoms with Crippen LogP contribution in [0.3, 0.4) is 0 Å². The number of hydrogen-bond donors (Lipinski definition) is 1. The molecule has 0 radical (unpaired) electrons. The molecule has 1 N–H and O–H groups in total. The lowest BCUT2D eigenvalue weighted by atomic mass is 10.1. The van der Waals surface area contributed by atoms with E-state index in [0.717, 1.165) is 11.3 Å². The summed E-state index contributed by atoms with van der Waals surface area (Å²) in [5.74, 6) is 0. The molecule has 0 bridgehead atoms. The van der Waals surface area contributed by atoms with E-state index >= 15 is 0 Å². The minimum absolute atomic E-state index is 0.663. The van der Waals surface area contributed by atoms with Crippen LogP contribution in [0, 0.1) is 6.58 Å². The number of rotatable bonds is 0. The Kier molecular flexibility index (Phi) is 1.21. The van der Waals surface area contributed by atoms with E-state index in [2.05, 4.69) is 10.3 Å². The van der Waals surface area contributed by atoms with Crippen molar-refractivity contribution in [2.24, 2.45) is 4.99 Å². The maximum absolute atomic E-state index is 5.66. The summed E-state index contributed by atoms with van der Waals surface area (Å²) in [5, 5.41) is 2.84. The molecule has 0 aromatic heterocycles. The summed E-state index contributed by atoms with van der Waals surface area (Å²) in [4.78, 5) is 4.11. The monoisotopic (exact) mass is 143 g/mol. The van der Waals surface area contributed by atoms with E-state index in [0.29, 0.717) is 5.70 Å². The van der Waals surface area contributed by atoms with E-state index in [1.165, 1.54) is 0 Å². The predicted octanol–water partition coefficient (Wildman–Crippen LogP) is 1.72. The van der Waals surface area contributed by atoms with Gasteiger partial charge in [0.2, 0.25) is 0 Å². The average molecular weight is 143 g/mol. The maximum Gasteiger partial charge on any atom is 0.268 e. The minimum Gasteiger partial charge on any atom is -0.304 e. The Labute approximate surface area is 65.3 Å². The van der Waals surface area contributed by atoms with Gasteiger partial charge in [0, 0.05) is 6.07 Å². The molecule has 2 heteroatoms. The second kappa shape index (κ2) is 2.19. The van der Waals surface area contributed by atoms with Crippen molar-refractivity contribution in [2.75, 3.05) is 0 Å². The first-order valence-electron chi connectivity index (χ1n) is 3.39. The number of para-hydroxylation sites is 1. The molecule has 0 amide bonds. The molecule has 0 atom stereocenters. The fraction of sp³-hybridized carbons (Fsp3) is 0. The van der Waals surface area contributed by atoms with E-state index in [9.17, 15) is 0 Å². The zero-order valence-corrected chi connectivity index (χ0v) is 5.91. The van der Waals surface area contributed by atoms with Crippen LogP contribution < -0.4 is 5.32 Å². The van der Waals surface area contributed by atoms with Crippen LogP contribution in [0.2, 0.25) is 0 Å². The number of nitrogens with zero attached hydrogens (tertiary/aromatic N) is 1. The van der Waals surface area contributed by atoms with E-state index < -0.39 is 0 Å². The van der Waals surface area contributed by atoms with Gasteiger partial charge in [-0.05, 0) is 12.1 Å². The first-order valence-corrected chi connectivity index (χ1v) is 3.39. The van der Waals surface area contributed by atoms with Gasteiger partial charge < -0.3 is 5.32 Å². The third kappa shape index (κ3) is 0.896. The molecule has 0 fully saturated rings. The largest absolute Gasteiger partial charge is 0.304 e. The standard InChI is InChI=1S/C9H7N2/c1-7-8-4-2-3-5-9(8)11-6-10-7/h1-6H,(H,10,11)/q+1. The normalized spacial score (nSPS) is 13.9. The van der Waals surface area contributed by atoms with Gasteiger partial charge in [-0.2, -0.15) is 0 Å². The van der Waals surface area contributed by atoms with Crippen molar-refractivity contribution in [3.63, 3.8) is 0 Å². The highest BCUT2D eigenvalue weighted by molar-refractivity contribution is 5.85. The Morgan fingerprint density at radius 1 is 1.27 bits per heavy atom. The minimum atomic E-state index is 0.663. The van der Waals surface area contributed by atoms with Gasteiger partial charge in [0.1, 0.15) is 0 Å². The third-order valence-electron chi connectivity index (χ3n) is 1.62. The zero-order valence-electron chi connectivity index (χ0n) is 5.91. The molecule has 2 nitrogen and oxygen atoms in total. The second-order valence-corrected chi connectivity index (χ2v) is 2.33. The van der Waals surface area contributed by atoms with Gasteiger partial charge in [0.25, 0.3) is 5.70 Å². The maximum atomic E-state index is 5.66. The molecule has 1 aliphatic heterocycles. The first kappa shape index (κ1) is 6.08. The summed E-state index contributed by atoms with van der Waals surface area (Å²) in [6.07, 6.45) is 1.59. The van der Waals surface area contributed by atoms with Crippen LogP contribution in [-0.4, -0.2) is 6.34 Å². The first-order chi connectivity index (χ1) is 5.38. The Morgan fingerprint density at radius 2 is 2.09 bits per heavy atom. The van der Waals surface area contributed by atoms with E-state index in [1.807, 2.05) is 24.3 Å². The highest BCUT2D eigenvalue weighted by atomic mass is 15.0. The lowest BCUT2D eigenvalue weighted by Crippen LogP contribution is -2.11. The summed E-state index contributed by atoms with van der Waals surface area (Å²) in [6.45, 7) is 5.66. The van der Waals surface area contributed by atoms with Gasteiger partial charge in [-0.1, -0.05) is 6.07 Å². The van der Waals surface area contributed by atoms with Gasteiger partial charge in [0.15, 0.2) is 11.3 Å².